The number of nitrogens with one attached hydrogen (secondary N) is 1. The Bertz CT molecular complexity index is 558. The minimum absolute atomic E-state index is 0. The molecule has 0 bridgehead atoms. The van der Waals surface area contributed by atoms with E-state index >= 15 is 0 Å². The van der Waals surface area contributed by atoms with Gasteiger partial charge in [-0.2, -0.15) is 0 Å². The van der Waals surface area contributed by atoms with E-state index < -0.39 is 0 Å². The van der Waals surface area contributed by atoms with E-state index in [4.69, 9.17) is 4.74 Å². The molecule has 1 atom stereocenters. The van der Waals surface area contributed by atoms with Gasteiger partial charge >= 0.3 is 0 Å². The van der Waals surface area contributed by atoms with Crippen LogP contribution < -0.4 is 10.1 Å². The lowest BCUT2D eigenvalue weighted by molar-refractivity contribution is 0.281. The smallest absolute Gasteiger partial charge is 0.123 e. The number of benzene rings is 2. The van der Waals surface area contributed by atoms with Gasteiger partial charge < -0.3 is 10.1 Å². The molecule has 0 saturated heterocycles. The van der Waals surface area contributed by atoms with Crippen LogP contribution in [0.4, 0.5) is 0 Å². The molecule has 1 aliphatic heterocycles. The summed E-state index contributed by atoms with van der Waals surface area (Å²) in [6.07, 6.45) is 1.05. The predicted octanol–water partition coefficient (Wildman–Crippen LogP) is 3.40. The first kappa shape index (κ1) is 14.9. The molecule has 2 aromatic carbocycles. The van der Waals surface area contributed by atoms with Crippen LogP contribution in [0.25, 0.3) is 0 Å². The van der Waals surface area contributed by atoms with Gasteiger partial charge in [0.05, 0.1) is 5.41 Å². The number of ether oxygens (including phenoxy) is 1. The van der Waals surface area contributed by atoms with Gasteiger partial charge in [-0.15, -0.1) is 12.4 Å². The Morgan fingerprint density at radius 1 is 1.05 bits per heavy atom. The van der Waals surface area contributed by atoms with E-state index in [0.717, 1.165) is 25.3 Å². The first-order valence-corrected chi connectivity index (χ1v) is 6.79. The van der Waals surface area contributed by atoms with Crippen LogP contribution in [-0.2, 0) is 5.41 Å². The van der Waals surface area contributed by atoms with Crippen molar-refractivity contribution >= 4 is 12.4 Å². The van der Waals surface area contributed by atoms with Crippen molar-refractivity contribution in [3.05, 3.63) is 65.7 Å². The molecule has 2 nitrogen and oxygen atoms in total. The highest BCUT2D eigenvalue weighted by Crippen LogP contribution is 2.45. The van der Waals surface area contributed by atoms with Crippen molar-refractivity contribution in [1.82, 2.24) is 5.32 Å². The lowest BCUT2D eigenvalue weighted by Gasteiger charge is -2.28. The summed E-state index contributed by atoms with van der Waals surface area (Å²) in [6.45, 7) is 1.71. The van der Waals surface area contributed by atoms with Crippen molar-refractivity contribution in [2.24, 2.45) is 0 Å². The van der Waals surface area contributed by atoms with E-state index in [1.54, 1.807) is 0 Å². The van der Waals surface area contributed by atoms with Crippen molar-refractivity contribution < 1.29 is 4.74 Å². The number of halogens is 1. The van der Waals surface area contributed by atoms with Gasteiger partial charge in [0.15, 0.2) is 0 Å². The Hall–Kier alpha value is -1.51. The summed E-state index contributed by atoms with van der Waals surface area (Å²) in [5.41, 5.74) is 2.65. The fourth-order valence-corrected chi connectivity index (χ4v) is 2.95. The third-order valence-corrected chi connectivity index (χ3v) is 4.00. The molecule has 1 unspecified atom stereocenters. The molecule has 3 rings (SSSR count). The monoisotopic (exact) mass is 289 g/mol. The summed E-state index contributed by atoms with van der Waals surface area (Å²) in [7, 11) is 2.00. The topological polar surface area (TPSA) is 21.3 Å². The Balaban J connectivity index is 0.00000147. The number of hydrogen-bond acceptors (Lipinski definition) is 2. The van der Waals surface area contributed by atoms with Crippen molar-refractivity contribution in [2.45, 2.75) is 11.8 Å². The van der Waals surface area contributed by atoms with Crippen LogP contribution in [0.5, 0.6) is 5.75 Å². The molecule has 0 aliphatic carbocycles. The van der Waals surface area contributed by atoms with Gasteiger partial charge in [0.1, 0.15) is 12.4 Å². The van der Waals surface area contributed by atoms with E-state index in [0.29, 0.717) is 0 Å². The van der Waals surface area contributed by atoms with Gasteiger partial charge in [0.25, 0.3) is 0 Å². The summed E-state index contributed by atoms with van der Waals surface area (Å²) >= 11 is 0. The molecule has 2 aromatic rings. The van der Waals surface area contributed by atoms with Crippen LogP contribution in [0.3, 0.4) is 0 Å². The zero-order chi connectivity index (χ0) is 13.1. The average Bonchev–Trinajstić information content (AvgIpc) is 2.86. The van der Waals surface area contributed by atoms with Crippen molar-refractivity contribution in [1.29, 1.82) is 0 Å². The minimum atomic E-state index is -0.0130. The third-order valence-electron chi connectivity index (χ3n) is 4.00. The third kappa shape index (κ3) is 2.41. The summed E-state index contributed by atoms with van der Waals surface area (Å²) in [6, 6.07) is 19.1. The van der Waals surface area contributed by atoms with E-state index in [9.17, 15) is 0 Å². The first-order chi connectivity index (χ1) is 9.37. The largest absolute Gasteiger partial charge is 0.492 e. The van der Waals surface area contributed by atoms with Gasteiger partial charge in [-0.3, -0.25) is 0 Å². The van der Waals surface area contributed by atoms with Gasteiger partial charge in [-0.25, -0.2) is 0 Å². The quantitative estimate of drug-likeness (QED) is 0.931. The number of fused-ring (bicyclic) bond motifs is 1. The van der Waals surface area contributed by atoms with Crippen LogP contribution in [0.2, 0.25) is 0 Å². The Kier molecular flexibility index (Phi) is 4.69. The lowest BCUT2D eigenvalue weighted by Crippen LogP contribution is -2.33. The summed E-state index contributed by atoms with van der Waals surface area (Å²) in [5, 5.41) is 3.26. The van der Waals surface area contributed by atoms with Crippen LogP contribution in [0.15, 0.2) is 54.6 Å². The number of hydrogen-bond donors (Lipinski definition) is 1. The lowest BCUT2D eigenvalue weighted by atomic mass is 9.73. The van der Waals surface area contributed by atoms with Gasteiger partial charge in [0.2, 0.25) is 0 Å². The first-order valence-electron chi connectivity index (χ1n) is 6.79. The maximum atomic E-state index is 5.94. The fraction of sp³-hybridized carbons (Fsp3) is 0.294. The van der Waals surface area contributed by atoms with Crippen molar-refractivity contribution in [2.75, 3.05) is 20.2 Å². The minimum Gasteiger partial charge on any atom is -0.492 e. The highest BCUT2D eigenvalue weighted by molar-refractivity contribution is 5.85. The molecule has 106 valence electrons. The maximum absolute atomic E-state index is 5.94. The molecule has 0 aromatic heterocycles. The molecule has 1 N–H and O–H groups in total. The van der Waals surface area contributed by atoms with Crippen molar-refractivity contribution in [3.8, 4) is 5.75 Å². The van der Waals surface area contributed by atoms with E-state index in [1.807, 2.05) is 13.1 Å². The second kappa shape index (κ2) is 6.29. The molecule has 0 saturated carbocycles. The Morgan fingerprint density at radius 3 is 2.50 bits per heavy atom. The number of rotatable bonds is 4. The summed E-state index contributed by atoms with van der Waals surface area (Å²) in [5.74, 6) is 1.03. The Morgan fingerprint density at radius 2 is 1.75 bits per heavy atom. The highest BCUT2D eigenvalue weighted by atomic mass is 35.5. The second-order valence-electron chi connectivity index (χ2n) is 5.09. The van der Waals surface area contributed by atoms with Gasteiger partial charge in [-0.05, 0) is 31.6 Å². The molecule has 1 heterocycles. The molecule has 3 heteroatoms. The van der Waals surface area contributed by atoms with E-state index in [2.05, 4.69) is 53.8 Å². The van der Waals surface area contributed by atoms with Gasteiger partial charge in [-0.1, -0.05) is 48.5 Å². The standard InChI is InChI=1S/C17H19NO.ClH/c1-18-12-11-17(14-7-3-2-4-8-14)13-19-16-10-6-5-9-15(16)17;/h2-10,18H,11-13H2,1H3;1H. The van der Waals surface area contributed by atoms with Crippen molar-refractivity contribution in [3.63, 3.8) is 0 Å². The Labute approximate surface area is 126 Å². The molecular formula is C17H20ClNO. The normalized spacial score (nSPS) is 19.9. The molecule has 0 spiro atoms. The number of para-hydroxylation sites is 1. The molecular weight excluding hydrogens is 270 g/mol. The van der Waals surface area contributed by atoms with Crippen LogP contribution >= 0.6 is 12.4 Å². The predicted molar refractivity (Wildman–Crippen MR) is 85.0 cm³/mol. The van der Waals surface area contributed by atoms with Crippen LogP contribution in [0.1, 0.15) is 17.5 Å². The van der Waals surface area contributed by atoms with Crippen LogP contribution in [0, 0.1) is 0 Å². The maximum Gasteiger partial charge on any atom is 0.123 e. The second-order valence-corrected chi connectivity index (χ2v) is 5.09. The fourth-order valence-electron chi connectivity index (χ4n) is 2.95. The summed E-state index contributed by atoms with van der Waals surface area (Å²) in [4.78, 5) is 0. The van der Waals surface area contributed by atoms with E-state index in [1.165, 1.54) is 11.1 Å². The molecule has 0 radical (unpaired) electrons. The van der Waals surface area contributed by atoms with Gasteiger partial charge in [0, 0.05) is 5.56 Å². The summed E-state index contributed by atoms with van der Waals surface area (Å²) < 4.78 is 5.94. The average molecular weight is 290 g/mol. The van der Waals surface area contributed by atoms with Crippen LogP contribution in [-0.4, -0.2) is 20.2 Å². The molecule has 0 fully saturated rings. The zero-order valence-electron chi connectivity index (χ0n) is 11.6. The highest BCUT2D eigenvalue weighted by Gasteiger charge is 2.41. The molecule has 1 aliphatic rings. The SMILES string of the molecule is CNCCC1(c2ccccc2)COc2ccccc21.Cl. The van der Waals surface area contributed by atoms with E-state index in [-0.39, 0.29) is 17.8 Å². The molecule has 0 amide bonds. The zero-order valence-corrected chi connectivity index (χ0v) is 12.5. The molecule has 20 heavy (non-hydrogen) atoms.